The molecule has 5 heteroatoms. The highest BCUT2D eigenvalue weighted by molar-refractivity contribution is 6.14. The summed E-state index contributed by atoms with van der Waals surface area (Å²) in [5, 5.41) is 12.9. The van der Waals surface area contributed by atoms with Gasteiger partial charge in [0, 0.05) is 22.2 Å². The molecule has 0 saturated carbocycles. The molecule has 0 aliphatic carbocycles. The predicted octanol–water partition coefficient (Wildman–Crippen LogP) is 3.96. The Balaban J connectivity index is 2.09. The zero-order valence-corrected chi connectivity index (χ0v) is 13.7. The van der Waals surface area contributed by atoms with E-state index in [0.717, 1.165) is 38.3 Å². The van der Waals surface area contributed by atoms with E-state index in [-0.39, 0.29) is 0 Å². The number of methoxy groups -OCH3 is 3. The van der Waals surface area contributed by atoms with E-state index in [9.17, 15) is 0 Å². The molecule has 0 aliphatic rings. The third kappa shape index (κ3) is 2.09. The second kappa shape index (κ2) is 5.53. The average molecular weight is 320 g/mol. The third-order valence-electron chi connectivity index (χ3n) is 4.25. The summed E-state index contributed by atoms with van der Waals surface area (Å²) in [7, 11) is 4.90. The molecule has 0 saturated heterocycles. The summed E-state index contributed by atoms with van der Waals surface area (Å²) in [5.41, 5.74) is 1.65. The average Bonchev–Trinajstić information content (AvgIpc) is 2.65. The van der Waals surface area contributed by atoms with Gasteiger partial charge in [-0.15, -0.1) is 10.2 Å². The molecule has 0 unspecified atom stereocenters. The van der Waals surface area contributed by atoms with Crippen molar-refractivity contribution in [2.75, 3.05) is 21.3 Å². The standard InChI is InChI=1S/C19H16N2O3/c1-22-12-5-7-13-14-6-4-11-8-17(23-2)18(24-3)10-15(11)19(14)21-20-16(13)9-12/h4-10H,1-3H3. The second-order valence-corrected chi connectivity index (χ2v) is 5.47. The molecule has 120 valence electrons. The largest absolute Gasteiger partial charge is 0.497 e. The predicted molar refractivity (Wildman–Crippen MR) is 94.2 cm³/mol. The van der Waals surface area contributed by atoms with Crippen LogP contribution in [0.15, 0.2) is 42.5 Å². The van der Waals surface area contributed by atoms with Crippen molar-refractivity contribution in [3.63, 3.8) is 0 Å². The lowest BCUT2D eigenvalue weighted by Gasteiger charge is -2.11. The normalized spacial score (nSPS) is 11.1. The SMILES string of the molecule is COc1ccc2c(c1)nnc1c3cc(OC)c(OC)cc3ccc21. The van der Waals surface area contributed by atoms with E-state index < -0.39 is 0 Å². The summed E-state index contributed by atoms with van der Waals surface area (Å²) in [6.45, 7) is 0. The van der Waals surface area contributed by atoms with Crippen LogP contribution in [-0.4, -0.2) is 31.5 Å². The monoisotopic (exact) mass is 320 g/mol. The van der Waals surface area contributed by atoms with Gasteiger partial charge in [-0.2, -0.15) is 0 Å². The number of aromatic nitrogens is 2. The number of fused-ring (bicyclic) bond motifs is 5. The molecule has 0 amide bonds. The Labute approximate surface area is 138 Å². The first kappa shape index (κ1) is 14.5. The Hall–Kier alpha value is -3.08. The second-order valence-electron chi connectivity index (χ2n) is 5.47. The molecule has 0 fully saturated rings. The van der Waals surface area contributed by atoms with Crippen LogP contribution in [0.2, 0.25) is 0 Å². The first-order valence-corrected chi connectivity index (χ1v) is 7.54. The Kier molecular flexibility index (Phi) is 3.34. The van der Waals surface area contributed by atoms with Crippen molar-refractivity contribution in [3.05, 3.63) is 42.5 Å². The van der Waals surface area contributed by atoms with Crippen LogP contribution >= 0.6 is 0 Å². The maximum atomic E-state index is 5.42. The van der Waals surface area contributed by atoms with Gasteiger partial charge in [0.25, 0.3) is 0 Å². The highest BCUT2D eigenvalue weighted by atomic mass is 16.5. The number of benzene rings is 3. The molecule has 0 radical (unpaired) electrons. The lowest BCUT2D eigenvalue weighted by Crippen LogP contribution is -1.93. The van der Waals surface area contributed by atoms with Crippen LogP contribution in [0, 0.1) is 0 Å². The molecule has 4 aromatic rings. The maximum Gasteiger partial charge on any atom is 0.161 e. The summed E-state index contributed by atoms with van der Waals surface area (Å²) in [5.74, 6) is 2.14. The molecular weight excluding hydrogens is 304 g/mol. The quantitative estimate of drug-likeness (QED) is 0.535. The first-order valence-electron chi connectivity index (χ1n) is 7.54. The lowest BCUT2D eigenvalue weighted by atomic mass is 10.0. The van der Waals surface area contributed by atoms with Crippen LogP contribution in [0.25, 0.3) is 32.6 Å². The van der Waals surface area contributed by atoms with Gasteiger partial charge in [0.2, 0.25) is 0 Å². The van der Waals surface area contributed by atoms with Gasteiger partial charge in [0.15, 0.2) is 11.5 Å². The molecule has 1 aromatic heterocycles. The molecule has 0 atom stereocenters. The molecule has 3 aromatic carbocycles. The molecule has 0 bridgehead atoms. The Morgan fingerprint density at radius 3 is 2.17 bits per heavy atom. The molecule has 0 spiro atoms. The van der Waals surface area contributed by atoms with Crippen molar-refractivity contribution >= 4 is 32.6 Å². The van der Waals surface area contributed by atoms with Crippen LogP contribution in [0.3, 0.4) is 0 Å². The van der Waals surface area contributed by atoms with E-state index in [0.29, 0.717) is 11.5 Å². The van der Waals surface area contributed by atoms with Crippen LogP contribution in [0.1, 0.15) is 0 Å². The fourth-order valence-electron chi connectivity index (χ4n) is 3.01. The molecule has 5 nitrogen and oxygen atoms in total. The van der Waals surface area contributed by atoms with Gasteiger partial charge in [-0.1, -0.05) is 12.1 Å². The van der Waals surface area contributed by atoms with Crippen LogP contribution in [0.4, 0.5) is 0 Å². The van der Waals surface area contributed by atoms with E-state index in [2.05, 4.69) is 22.3 Å². The van der Waals surface area contributed by atoms with Gasteiger partial charge in [-0.3, -0.25) is 0 Å². The van der Waals surface area contributed by atoms with E-state index in [4.69, 9.17) is 14.2 Å². The number of hydrogen-bond donors (Lipinski definition) is 0. The smallest absolute Gasteiger partial charge is 0.161 e. The molecule has 0 N–H and O–H groups in total. The van der Waals surface area contributed by atoms with Crippen molar-refractivity contribution < 1.29 is 14.2 Å². The van der Waals surface area contributed by atoms with Crippen molar-refractivity contribution in [1.82, 2.24) is 10.2 Å². The van der Waals surface area contributed by atoms with Gasteiger partial charge in [-0.05, 0) is 29.7 Å². The highest BCUT2D eigenvalue weighted by Crippen LogP contribution is 2.36. The lowest BCUT2D eigenvalue weighted by molar-refractivity contribution is 0.356. The zero-order valence-electron chi connectivity index (χ0n) is 13.7. The van der Waals surface area contributed by atoms with E-state index in [1.54, 1.807) is 21.3 Å². The van der Waals surface area contributed by atoms with Gasteiger partial charge < -0.3 is 14.2 Å². The Bertz CT molecular complexity index is 1080. The summed E-state index contributed by atoms with van der Waals surface area (Å²) in [6, 6.07) is 13.9. The Morgan fingerprint density at radius 1 is 0.667 bits per heavy atom. The summed E-state index contributed by atoms with van der Waals surface area (Å²) in [6.07, 6.45) is 0. The molecule has 0 aliphatic heterocycles. The van der Waals surface area contributed by atoms with E-state index >= 15 is 0 Å². The van der Waals surface area contributed by atoms with Gasteiger partial charge in [0.1, 0.15) is 11.3 Å². The minimum atomic E-state index is 0.675. The Morgan fingerprint density at radius 2 is 1.42 bits per heavy atom. The molecule has 24 heavy (non-hydrogen) atoms. The fraction of sp³-hybridized carbons (Fsp3) is 0.158. The highest BCUT2D eigenvalue weighted by Gasteiger charge is 2.12. The molecule has 4 rings (SSSR count). The van der Waals surface area contributed by atoms with E-state index in [1.807, 2.05) is 30.3 Å². The summed E-state index contributed by atoms with van der Waals surface area (Å²) < 4.78 is 16.1. The van der Waals surface area contributed by atoms with Crippen molar-refractivity contribution in [3.8, 4) is 17.2 Å². The van der Waals surface area contributed by atoms with Gasteiger partial charge in [-0.25, -0.2) is 0 Å². The fourth-order valence-corrected chi connectivity index (χ4v) is 3.01. The molecule has 1 heterocycles. The summed E-state index contributed by atoms with van der Waals surface area (Å²) >= 11 is 0. The number of rotatable bonds is 3. The first-order chi connectivity index (χ1) is 11.7. The van der Waals surface area contributed by atoms with Crippen molar-refractivity contribution in [1.29, 1.82) is 0 Å². The van der Waals surface area contributed by atoms with Crippen molar-refractivity contribution in [2.45, 2.75) is 0 Å². The summed E-state index contributed by atoms with van der Waals surface area (Å²) in [4.78, 5) is 0. The minimum Gasteiger partial charge on any atom is -0.497 e. The minimum absolute atomic E-state index is 0.675. The number of ether oxygens (including phenoxy) is 3. The van der Waals surface area contributed by atoms with Gasteiger partial charge >= 0.3 is 0 Å². The van der Waals surface area contributed by atoms with Gasteiger partial charge in [0.05, 0.1) is 26.8 Å². The van der Waals surface area contributed by atoms with Crippen molar-refractivity contribution in [2.24, 2.45) is 0 Å². The maximum absolute atomic E-state index is 5.42. The van der Waals surface area contributed by atoms with Crippen LogP contribution < -0.4 is 14.2 Å². The number of nitrogens with zero attached hydrogens (tertiary/aromatic N) is 2. The number of hydrogen-bond acceptors (Lipinski definition) is 5. The van der Waals surface area contributed by atoms with E-state index in [1.165, 1.54) is 0 Å². The van der Waals surface area contributed by atoms with Crippen LogP contribution in [-0.2, 0) is 0 Å². The van der Waals surface area contributed by atoms with Crippen LogP contribution in [0.5, 0.6) is 17.2 Å². The topological polar surface area (TPSA) is 53.5 Å². The zero-order chi connectivity index (χ0) is 16.7. The third-order valence-corrected chi connectivity index (χ3v) is 4.25. The molecular formula is C19H16N2O3.